The maximum Gasteiger partial charge on any atom is -0.0316 e. The Bertz CT molecular complexity index is 72.0. The minimum Gasteiger partial charge on any atom is -0.0882 e. The van der Waals surface area contributed by atoms with E-state index in [1.807, 2.05) is 13.8 Å². The first kappa shape index (κ1) is 15.2. The third-order valence-corrected chi connectivity index (χ3v) is 1.87. The van der Waals surface area contributed by atoms with Crippen molar-refractivity contribution in [2.24, 2.45) is 0 Å². The van der Waals surface area contributed by atoms with Crippen LogP contribution < -0.4 is 0 Å². The Balaban J connectivity index is 0. The molecular formula is C13H28. The van der Waals surface area contributed by atoms with Crippen LogP contribution in [0.4, 0.5) is 0 Å². The fourth-order valence-corrected chi connectivity index (χ4v) is 0.843. The van der Waals surface area contributed by atoms with Gasteiger partial charge in [0.15, 0.2) is 0 Å². The lowest BCUT2D eigenvalue weighted by Crippen LogP contribution is -1.71. The fraction of sp³-hybridized carbons (Fsp3) is 0.846. The van der Waals surface area contributed by atoms with E-state index in [2.05, 4.69) is 26.0 Å². The van der Waals surface area contributed by atoms with Gasteiger partial charge in [0.25, 0.3) is 0 Å². The maximum absolute atomic E-state index is 2.25. The molecular weight excluding hydrogens is 156 g/mol. The van der Waals surface area contributed by atoms with E-state index in [9.17, 15) is 0 Å². The van der Waals surface area contributed by atoms with Crippen LogP contribution >= 0.6 is 0 Å². The van der Waals surface area contributed by atoms with Gasteiger partial charge in [-0.2, -0.15) is 0 Å². The summed E-state index contributed by atoms with van der Waals surface area (Å²) in [4.78, 5) is 0. The number of allylic oxidation sites excluding steroid dienone is 2. The third-order valence-electron chi connectivity index (χ3n) is 1.87. The molecule has 0 spiro atoms. The predicted molar refractivity (Wildman–Crippen MR) is 64.2 cm³/mol. The lowest BCUT2D eigenvalue weighted by atomic mass is 10.1. The van der Waals surface area contributed by atoms with Crippen LogP contribution in [0.3, 0.4) is 0 Å². The highest BCUT2D eigenvalue weighted by Crippen LogP contribution is 2.02. The molecule has 0 fully saturated rings. The molecule has 0 saturated carbocycles. The van der Waals surface area contributed by atoms with Crippen molar-refractivity contribution in [3.63, 3.8) is 0 Å². The molecule has 0 heterocycles. The summed E-state index contributed by atoms with van der Waals surface area (Å²) in [6.45, 7) is 8.49. The molecule has 0 aromatic heterocycles. The quantitative estimate of drug-likeness (QED) is 0.408. The average Bonchev–Trinajstić information content (AvgIpc) is 2.06. The maximum atomic E-state index is 2.25. The van der Waals surface area contributed by atoms with Crippen molar-refractivity contribution in [3.8, 4) is 0 Å². The van der Waals surface area contributed by atoms with E-state index < -0.39 is 0 Å². The Morgan fingerprint density at radius 2 is 1.08 bits per heavy atom. The van der Waals surface area contributed by atoms with E-state index in [4.69, 9.17) is 0 Å². The van der Waals surface area contributed by atoms with Gasteiger partial charge < -0.3 is 0 Å². The van der Waals surface area contributed by atoms with Crippen molar-refractivity contribution in [2.45, 2.75) is 72.6 Å². The molecule has 1 aliphatic rings. The number of rotatable bonds is 4. The molecule has 1 rings (SSSR count). The van der Waals surface area contributed by atoms with Crippen molar-refractivity contribution >= 4 is 0 Å². The van der Waals surface area contributed by atoms with Gasteiger partial charge in [-0.3, -0.25) is 0 Å². The Hall–Kier alpha value is -0.260. The smallest absolute Gasteiger partial charge is 0.0316 e. The van der Waals surface area contributed by atoms with Gasteiger partial charge in [-0.15, -0.1) is 0 Å². The van der Waals surface area contributed by atoms with Crippen LogP contribution in [0.5, 0.6) is 0 Å². The Kier molecular flexibility index (Phi) is 20.8. The third kappa shape index (κ3) is 18.6. The van der Waals surface area contributed by atoms with E-state index in [0.29, 0.717) is 0 Å². The highest BCUT2D eigenvalue weighted by Gasteiger charge is 1.81. The van der Waals surface area contributed by atoms with E-state index >= 15 is 0 Å². The van der Waals surface area contributed by atoms with Crippen LogP contribution in [0.15, 0.2) is 12.2 Å². The standard InChI is InChI=1S/C7H16.C4H6.C2H6/c1-3-5-7-6-4-2;1-2-4-3-1;1-2/h3-7H2,1-2H3;1-2H,3-4H2;1-2H3. The first-order valence-corrected chi connectivity index (χ1v) is 6.06. The summed E-state index contributed by atoms with van der Waals surface area (Å²) in [6, 6.07) is 0. The minimum absolute atomic E-state index is 1.32. The minimum atomic E-state index is 1.32. The zero-order valence-electron chi connectivity index (χ0n) is 10.1. The van der Waals surface area contributed by atoms with E-state index in [1.54, 1.807) is 0 Å². The van der Waals surface area contributed by atoms with E-state index in [0.717, 1.165) is 0 Å². The van der Waals surface area contributed by atoms with Gasteiger partial charge in [-0.05, 0) is 12.8 Å². The van der Waals surface area contributed by atoms with Crippen LogP contribution in [-0.4, -0.2) is 0 Å². The molecule has 0 heteroatoms. The summed E-state index contributed by atoms with van der Waals surface area (Å²) in [5.74, 6) is 0. The molecule has 0 atom stereocenters. The Morgan fingerprint density at radius 3 is 1.23 bits per heavy atom. The van der Waals surface area contributed by atoms with Crippen LogP contribution in [0.25, 0.3) is 0 Å². The monoisotopic (exact) mass is 184 g/mol. The van der Waals surface area contributed by atoms with Gasteiger partial charge in [-0.25, -0.2) is 0 Å². The molecule has 0 saturated heterocycles. The van der Waals surface area contributed by atoms with Crippen molar-refractivity contribution in [2.75, 3.05) is 0 Å². The van der Waals surface area contributed by atoms with Crippen LogP contribution in [0.1, 0.15) is 72.6 Å². The van der Waals surface area contributed by atoms with E-state index in [1.165, 1.54) is 44.9 Å². The molecule has 1 aliphatic carbocycles. The summed E-state index contributed by atoms with van der Waals surface area (Å²) < 4.78 is 0. The van der Waals surface area contributed by atoms with E-state index in [-0.39, 0.29) is 0 Å². The second-order valence-corrected chi connectivity index (χ2v) is 3.11. The molecule has 13 heavy (non-hydrogen) atoms. The van der Waals surface area contributed by atoms with Crippen molar-refractivity contribution in [3.05, 3.63) is 12.2 Å². The topological polar surface area (TPSA) is 0 Å². The van der Waals surface area contributed by atoms with Gasteiger partial charge in [0, 0.05) is 0 Å². The number of hydrogen-bond acceptors (Lipinski definition) is 0. The highest BCUT2D eigenvalue weighted by atomic mass is 13.9. The van der Waals surface area contributed by atoms with Gasteiger partial charge >= 0.3 is 0 Å². The molecule has 0 N–H and O–H groups in total. The fourth-order valence-electron chi connectivity index (χ4n) is 0.843. The average molecular weight is 184 g/mol. The highest BCUT2D eigenvalue weighted by molar-refractivity contribution is 4.92. The molecule has 0 unspecified atom stereocenters. The lowest BCUT2D eigenvalue weighted by molar-refractivity contribution is 0.656. The zero-order valence-corrected chi connectivity index (χ0v) is 10.1. The largest absolute Gasteiger partial charge is 0.0882 e. The molecule has 0 aromatic rings. The summed E-state index contributed by atoms with van der Waals surface area (Å²) in [5, 5.41) is 0. The molecule has 0 bridgehead atoms. The van der Waals surface area contributed by atoms with Crippen LogP contribution in [0, 0.1) is 0 Å². The van der Waals surface area contributed by atoms with Gasteiger partial charge in [0.2, 0.25) is 0 Å². The van der Waals surface area contributed by atoms with Crippen molar-refractivity contribution < 1.29 is 0 Å². The molecule has 0 amide bonds. The predicted octanol–water partition coefficient (Wildman–Crippen LogP) is 5.34. The molecule has 80 valence electrons. The molecule has 0 nitrogen and oxygen atoms in total. The van der Waals surface area contributed by atoms with Gasteiger partial charge in [-0.1, -0.05) is 72.0 Å². The summed E-state index contributed by atoms with van der Waals surface area (Å²) in [6.07, 6.45) is 14.0. The molecule has 0 radical (unpaired) electrons. The normalized spacial score (nSPS) is 11.7. The summed E-state index contributed by atoms with van der Waals surface area (Å²) >= 11 is 0. The van der Waals surface area contributed by atoms with Crippen LogP contribution in [0.2, 0.25) is 0 Å². The second kappa shape index (κ2) is 17.7. The van der Waals surface area contributed by atoms with Crippen LogP contribution in [-0.2, 0) is 0 Å². The number of hydrogen-bond donors (Lipinski definition) is 0. The zero-order chi connectivity index (χ0) is 10.4. The lowest BCUT2D eigenvalue weighted by Gasteiger charge is -1.92. The Morgan fingerprint density at radius 1 is 0.769 bits per heavy atom. The first-order chi connectivity index (χ1) is 6.41. The number of unbranched alkanes of at least 4 members (excludes halogenated alkanes) is 4. The first-order valence-electron chi connectivity index (χ1n) is 6.06. The van der Waals surface area contributed by atoms with Gasteiger partial charge in [0.05, 0.1) is 0 Å². The second-order valence-electron chi connectivity index (χ2n) is 3.11. The van der Waals surface area contributed by atoms with Crippen molar-refractivity contribution in [1.82, 2.24) is 0 Å². The summed E-state index contributed by atoms with van der Waals surface area (Å²) in [5.41, 5.74) is 0. The SMILES string of the molecule is C1=CCC1.CC.CCCCCCC. The summed E-state index contributed by atoms with van der Waals surface area (Å²) in [7, 11) is 0. The van der Waals surface area contributed by atoms with Gasteiger partial charge in [0.1, 0.15) is 0 Å². The molecule has 0 aromatic carbocycles. The van der Waals surface area contributed by atoms with Crippen molar-refractivity contribution in [1.29, 1.82) is 0 Å². The Labute approximate surface area is 85.4 Å². The molecule has 0 aliphatic heterocycles.